The normalized spacial score (nSPS) is 25.0. The number of nitrogen functional groups attached to an aromatic ring is 1. The summed E-state index contributed by atoms with van der Waals surface area (Å²) < 4.78 is 10.6. The molecule has 4 rings (SSSR count). The van der Waals surface area contributed by atoms with Crippen LogP contribution in [0.1, 0.15) is 50.4 Å². The van der Waals surface area contributed by atoms with E-state index in [-0.39, 0.29) is 5.41 Å². The second kappa shape index (κ2) is 6.90. The van der Waals surface area contributed by atoms with Crippen LogP contribution in [0.2, 0.25) is 0 Å². The van der Waals surface area contributed by atoms with Crippen molar-refractivity contribution in [2.24, 2.45) is 10.8 Å². The monoisotopic (exact) mass is 396 g/mol. The van der Waals surface area contributed by atoms with Crippen LogP contribution in [0.25, 0.3) is 0 Å². The lowest BCUT2D eigenvalue weighted by Crippen LogP contribution is -2.35. The summed E-state index contributed by atoms with van der Waals surface area (Å²) >= 11 is 0. The Labute approximate surface area is 171 Å². The molecular weight excluding hydrogens is 368 g/mol. The smallest absolute Gasteiger partial charge is 0.337 e. The number of nitrogens with zero attached hydrogens (tertiary/aromatic N) is 3. The molecule has 2 aromatic rings. The molecule has 29 heavy (non-hydrogen) atoms. The Morgan fingerprint density at radius 2 is 1.90 bits per heavy atom. The first-order chi connectivity index (χ1) is 13.7. The van der Waals surface area contributed by atoms with Crippen LogP contribution in [0.5, 0.6) is 11.6 Å². The van der Waals surface area contributed by atoms with Gasteiger partial charge in [0.1, 0.15) is 17.8 Å². The Hall–Kier alpha value is -2.83. The van der Waals surface area contributed by atoms with Gasteiger partial charge in [-0.15, -0.1) is 0 Å². The predicted molar refractivity (Wildman–Crippen MR) is 111 cm³/mol. The van der Waals surface area contributed by atoms with Gasteiger partial charge in [0.2, 0.25) is 5.88 Å². The fraction of sp³-hybridized carbons (Fsp3) is 0.500. The summed E-state index contributed by atoms with van der Waals surface area (Å²) in [6.07, 6.45) is 4.98. The van der Waals surface area contributed by atoms with E-state index in [0.29, 0.717) is 34.3 Å². The highest BCUT2D eigenvalue weighted by Crippen LogP contribution is 2.54. The van der Waals surface area contributed by atoms with E-state index in [1.807, 2.05) is 0 Å². The minimum absolute atomic E-state index is 0.272. The number of benzene rings is 1. The number of nitrogens with two attached hydrogens (primary N) is 1. The molecule has 1 saturated carbocycles. The number of fused-ring (bicyclic) bond motifs is 2. The number of esters is 1. The van der Waals surface area contributed by atoms with Crippen LogP contribution in [0.15, 0.2) is 30.6 Å². The van der Waals surface area contributed by atoms with Crippen molar-refractivity contribution in [2.45, 2.75) is 46.1 Å². The maximum atomic E-state index is 11.6. The molecule has 1 saturated heterocycles. The van der Waals surface area contributed by atoms with E-state index in [9.17, 15) is 4.79 Å². The Balaban J connectivity index is 1.58. The lowest BCUT2D eigenvalue weighted by molar-refractivity contribution is 0.0600. The summed E-state index contributed by atoms with van der Waals surface area (Å²) in [5.74, 6) is 1.22. The molecule has 1 aromatic heterocycles. The van der Waals surface area contributed by atoms with Gasteiger partial charge in [-0.05, 0) is 54.4 Å². The first-order valence-electron chi connectivity index (χ1n) is 9.93. The van der Waals surface area contributed by atoms with Crippen molar-refractivity contribution in [1.29, 1.82) is 0 Å². The minimum Gasteiger partial charge on any atom is -0.465 e. The second-order valence-electron chi connectivity index (χ2n) is 9.38. The van der Waals surface area contributed by atoms with Gasteiger partial charge in [0.15, 0.2) is 5.82 Å². The summed E-state index contributed by atoms with van der Waals surface area (Å²) in [5, 5.41) is 0. The number of carbonyl (C=O) groups excluding carboxylic acids is 1. The largest absolute Gasteiger partial charge is 0.465 e. The highest BCUT2D eigenvalue weighted by molar-refractivity contribution is 5.89. The van der Waals surface area contributed by atoms with Crippen LogP contribution in [0, 0.1) is 10.8 Å². The van der Waals surface area contributed by atoms with Crippen LogP contribution < -0.4 is 15.4 Å². The lowest BCUT2D eigenvalue weighted by Gasteiger charge is -2.39. The molecule has 2 N–H and O–H groups in total. The fourth-order valence-electron chi connectivity index (χ4n) is 5.28. The fourth-order valence-corrected chi connectivity index (χ4v) is 5.28. The molecule has 2 aliphatic rings. The van der Waals surface area contributed by atoms with Crippen molar-refractivity contribution >= 4 is 17.5 Å². The SMILES string of the molecule is COC(=O)c1ccc(Oc2ncnc(N3CC4(C)CC3CC(C)(C)C4)c2N)cc1. The first-order valence-corrected chi connectivity index (χ1v) is 9.93. The van der Waals surface area contributed by atoms with E-state index < -0.39 is 5.97 Å². The number of anilines is 2. The van der Waals surface area contributed by atoms with Crippen LogP contribution in [-0.2, 0) is 4.74 Å². The third kappa shape index (κ3) is 3.73. The van der Waals surface area contributed by atoms with E-state index in [4.69, 9.17) is 15.2 Å². The molecule has 1 aromatic carbocycles. The maximum Gasteiger partial charge on any atom is 0.337 e. The number of ether oxygens (including phenoxy) is 2. The topological polar surface area (TPSA) is 90.6 Å². The Morgan fingerprint density at radius 1 is 1.17 bits per heavy atom. The first kappa shape index (κ1) is 19.5. The highest BCUT2D eigenvalue weighted by atomic mass is 16.5. The Bertz CT molecular complexity index is 928. The highest BCUT2D eigenvalue weighted by Gasteiger charge is 2.50. The number of rotatable bonds is 4. The van der Waals surface area contributed by atoms with Gasteiger partial charge in [0.05, 0.1) is 12.7 Å². The standard InChI is InChI=1S/C22H28N4O3/c1-21(2)9-15-10-22(3,11-21)12-26(15)18-17(23)19(25-13-24-18)29-16-7-5-14(6-8-16)20(27)28-4/h5-8,13,15H,9-12,23H2,1-4H3. The summed E-state index contributed by atoms with van der Waals surface area (Å²) in [6.45, 7) is 7.99. The Morgan fingerprint density at radius 3 is 2.59 bits per heavy atom. The van der Waals surface area contributed by atoms with E-state index >= 15 is 0 Å². The van der Waals surface area contributed by atoms with Crippen LogP contribution >= 0.6 is 0 Å². The summed E-state index contributed by atoms with van der Waals surface area (Å²) in [7, 11) is 1.35. The molecule has 0 radical (unpaired) electrons. The van der Waals surface area contributed by atoms with E-state index in [1.165, 1.54) is 19.9 Å². The molecule has 2 bridgehead atoms. The zero-order valence-corrected chi connectivity index (χ0v) is 17.4. The van der Waals surface area contributed by atoms with Gasteiger partial charge in [-0.25, -0.2) is 9.78 Å². The third-order valence-corrected chi connectivity index (χ3v) is 6.00. The molecule has 1 aliphatic carbocycles. The van der Waals surface area contributed by atoms with Crippen LogP contribution in [0.3, 0.4) is 0 Å². The van der Waals surface area contributed by atoms with Gasteiger partial charge in [-0.1, -0.05) is 20.8 Å². The molecule has 2 atom stereocenters. The zero-order chi connectivity index (χ0) is 20.8. The van der Waals surface area contributed by atoms with E-state index in [0.717, 1.165) is 25.2 Å². The number of carbonyl (C=O) groups is 1. The average molecular weight is 396 g/mol. The molecule has 0 amide bonds. The van der Waals surface area contributed by atoms with Crippen molar-refractivity contribution in [3.63, 3.8) is 0 Å². The quantitative estimate of drug-likeness (QED) is 0.780. The van der Waals surface area contributed by atoms with E-state index in [2.05, 4.69) is 35.6 Å². The van der Waals surface area contributed by atoms with Gasteiger partial charge in [0, 0.05) is 12.6 Å². The molecule has 2 fully saturated rings. The molecule has 7 heteroatoms. The predicted octanol–water partition coefficient (Wildman–Crippen LogP) is 4.04. The minimum atomic E-state index is -0.392. The summed E-state index contributed by atoms with van der Waals surface area (Å²) in [4.78, 5) is 22.6. The molecule has 1 aliphatic heterocycles. The molecule has 7 nitrogen and oxygen atoms in total. The number of hydrogen-bond acceptors (Lipinski definition) is 7. The van der Waals surface area contributed by atoms with Gasteiger partial charge >= 0.3 is 5.97 Å². The van der Waals surface area contributed by atoms with Crippen LogP contribution in [-0.4, -0.2) is 35.6 Å². The van der Waals surface area contributed by atoms with Gasteiger partial charge < -0.3 is 20.1 Å². The van der Waals surface area contributed by atoms with Crippen molar-refractivity contribution in [3.05, 3.63) is 36.2 Å². The third-order valence-electron chi connectivity index (χ3n) is 6.00. The molecular formula is C22H28N4O3. The van der Waals surface area contributed by atoms with Crippen LogP contribution in [0.4, 0.5) is 11.5 Å². The van der Waals surface area contributed by atoms with Gasteiger partial charge in [0.25, 0.3) is 0 Å². The maximum absolute atomic E-state index is 11.6. The molecule has 2 unspecified atom stereocenters. The number of hydrogen-bond donors (Lipinski definition) is 1. The molecule has 2 heterocycles. The molecule has 0 spiro atoms. The summed E-state index contributed by atoms with van der Waals surface area (Å²) in [6, 6.07) is 7.10. The number of aromatic nitrogens is 2. The van der Waals surface area contributed by atoms with Gasteiger partial charge in [-0.3, -0.25) is 0 Å². The van der Waals surface area contributed by atoms with Gasteiger partial charge in [-0.2, -0.15) is 4.98 Å². The Kier molecular flexibility index (Phi) is 4.63. The summed E-state index contributed by atoms with van der Waals surface area (Å²) in [5.41, 5.74) is 7.92. The van der Waals surface area contributed by atoms with E-state index in [1.54, 1.807) is 24.3 Å². The lowest BCUT2D eigenvalue weighted by atomic mass is 9.65. The second-order valence-corrected chi connectivity index (χ2v) is 9.38. The van der Waals surface area contributed by atoms with Crippen molar-refractivity contribution in [3.8, 4) is 11.6 Å². The average Bonchev–Trinajstić information content (AvgIpc) is 2.92. The zero-order valence-electron chi connectivity index (χ0n) is 17.4. The van der Waals surface area contributed by atoms with Crippen molar-refractivity contribution in [1.82, 2.24) is 9.97 Å². The number of methoxy groups -OCH3 is 1. The van der Waals surface area contributed by atoms with Crippen molar-refractivity contribution in [2.75, 3.05) is 24.3 Å². The molecule has 154 valence electrons. The van der Waals surface area contributed by atoms with Crippen molar-refractivity contribution < 1.29 is 14.3 Å².